The lowest BCUT2D eigenvalue weighted by Gasteiger charge is -2.13. The number of carbonyl (C=O) groups excluding carboxylic acids is 1. The Labute approximate surface area is 154 Å². The maximum absolute atomic E-state index is 11.2. The molecule has 0 N–H and O–H groups in total. The molecule has 0 heterocycles. The molecule has 6 heteroatoms. The van der Waals surface area contributed by atoms with Gasteiger partial charge in [0.25, 0.3) is 0 Å². The van der Waals surface area contributed by atoms with Crippen molar-refractivity contribution in [2.24, 2.45) is 0 Å². The van der Waals surface area contributed by atoms with Crippen LogP contribution < -0.4 is 9.47 Å². The first-order chi connectivity index (χ1) is 11.5. The van der Waals surface area contributed by atoms with Crippen LogP contribution >= 0.6 is 27.5 Å². The third-order valence-corrected chi connectivity index (χ3v) is 3.97. The highest BCUT2D eigenvalue weighted by atomic mass is 79.9. The average molecular weight is 412 g/mol. The van der Waals surface area contributed by atoms with Gasteiger partial charge in [-0.25, -0.2) is 4.79 Å². The van der Waals surface area contributed by atoms with Gasteiger partial charge in [-0.3, -0.25) is 0 Å². The van der Waals surface area contributed by atoms with Crippen LogP contribution in [0.3, 0.4) is 0 Å². The van der Waals surface area contributed by atoms with E-state index in [2.05, 4.69) is 20.7 Å². The van der Waals surface area contributed by atoms with E-state index in [1.54, 1.807) is 18.2 Å². The monoisotopic (exact) mass is 410 g/mol. The van der Waals surface area contributed by atoms with Gasteiger partial charge in [-0.1, -0.05) is 39.7 Å². The minimum absolute atomic E-state index is 0.362. The van der Waals surface area contributed by atoms with Crippen molar-refractivity contribution in [1.29, 1.82) is 0 Å². The largest absolute Gasteiger partial charge is 0.493 e. The molecule has 0 spiro atoms. The molecule has 126 valence electrons. The lowest BCUT2D eigenvalue weighted by molar-refractivity contribution is -0.134. The van der Waals surface area contributed by atoms with Crippen molar-refractivity contribution >= 4 is 39.6 Å². The molecule has 0 aromatic heterocycles. The van der Waals surface area contributed by atoms with Crippen molar-refractivity contribution in [2.45, 2.75) is 6.61 Å². The maximum Gasteiger partial charge on any atom is 0.330 e. The van der Waals surface area contributed by atoms with Crippen molar-refractivity contribution in [3.63, 3.8) is 0 Å². The molecule has 0 amide bonds. The first-order valence-corrected chi connectivity index (χ1v) is 8.21. The molecule has 0 radical (unpaired) electrons. The van der Waals surface area contributed by atoms with Crippen LogP contribution in [-0.4, -0.2) is 20.2 Å². The molecule has 0 saturated carbocycles. The molecule has 4 nitrogen and oxygen atoms in total. The summed E-state index contributed by atoms with van der Waals surface area (Å²) in [6, 6.07) is 11.2. The van der Waals surface area contributed by atoms with E-state index in [1.165, 1.54) is 20.3 Å². The predicted molar refractivity (Wildman–Crippen MR) is 97.5 cm³/mol. The van der Waals surface area contributed by atoms with E-state index >= 15 is 0 Å². The summed E-state index contributed by atoms with van der Waals surface area (Å²) in [6.07, 6.45) is 2.91. The second-order valence-corrected chi connectivity index (χ2v) is 6.13. The van der Waals surface area contributed by atoms with Crippen LogP contribution in [0.5, 0.6) is 11.5 Å². The van der Waals surface area contributed by atoms with E-state index in [-0.39, 0.29) is 0 Å². The van der Waals surface area contributed by atoms with Crippen molar-refractivity contribution in [2.75, 3.05) is 14.2 Å². The van der Waals surface area contributed by atoms with Crippen LogP contribution in [0.25, 0.3) is 6.08 Å². The minimum Gasteiger partial charge on any atom is -0.493 e. The minimum atomic E-state index is -0.444. The highest BCUT2D eigenvalue weighted by Gasteiger charge is 2.12. The Morgan fingerprint density at radius 2 is 1.92 bits per heavy atom. The number of carbonyl (C=O) groups is 1. The van der Waals surface area contributed by atoms with Crippen LogP contribution in [-0.2, 0) is 16.1 Å². The summed E-state index contributed by atoms with van der Waals surface area (Å²) in [6.45, 7) is 0.362. The Morgan fingerprint density at radius 1 is 1.21 bits per heavy atom. The van der Waals surface area contributed by atoms with Gasteiger partial charge in [0.1, 0.15) is 6.61 Å². The number of benzene rings is 2. The Balaban J connectivity index is 2.18. The molecule has 2 aromatic carbocycles. The smallest absolute Gasteiger partial charge is 0.330 e. The highest BCUT2D eigenvalue weighted by Crippen LogP contribution is 2.37. The molecule has 0 aliphatic carbocycles. The summed E-state index contributed by atoms with van der Waals surface area (Å²) >= 11 is 9.68. The van der Waals surface area contributed by atoms with Gasteiger partial charge >= 0.3 is 5.97 Å². The van der Waals surface area contributed by atoms with Gasteiger partial charge in [-0.2, -0.15) is 0 Å². The first kappa shape index (κ1) is 18.4. The second-order valence-electron chi connectivity index (χ2n) is 4.81. The first-order valence-electron chi connectivity index (χ1n) is 7.04. The van der Waals surface area contributed by atoms with Gasteiger partial charge in [-0.05, 0) is 41.5 Å². The fourth-order valence-corrected chi connectivity index (χ4v) is 2.48. The zero-order valence-corrected chi connectivity index (χ0v) is 15.6. The summed E-state index contributed by atoms with van der Waals surface area (Å²) in [5, 5.41) is 0.399. The quantitative estimate of drug-likeness (QED) is 0.502. The Kier molecular flexibility index (Phi) is 6.70. The van der Waals surface area contributed by atoms with Crippen LogP contribution in [0.15, 0.2) is 46.9 Å². The molecule has 0 saturated heterocycles. The standard InChI is InChI=1S/C18H16BrClO4/c1-22-16-10-13(5-8-17(21)23-2)9-15(20)18(16)24-11-12-3-6-14(19)7-4-12/h3-10H,11H2,1-2H3/b8-5+. The summed E-state index contributed by atoms with van der Waals surface area (Å²) in [5.41, 5.74) is 1.71. The van der Waals surface area contributed by atoms with E-state index in [4.69, 9.17) is 21.1 Å². The SMILES string of the molecule is COC(=O)/C=C/c1cc(Cl)c(OCc2ccc(Br)cc2)c(OC)c1. The third kappa shape index (κ3) is 5.01. The molecule has 0 aliphatic rings. The van der Waals surface area contributed by atoms with Gasteiger partial charge in [0.15, 0.2) is 11.5 Å². The third-order valence-electron chi connectivity index (χ3n) is 3.16. The number of halogens is 2. The number of rotatable bonds is 6. The molecular weight excluding hydrogens is 396 g/mol. The number of hydrogen-bond donors (Lipinski definition) is 0. The number of hydrogen-bond acceptors (Lipinski definition) is 4. The second kappa shape index (κ2) is 8.76. The van der Waals surface area contributed by atoms with Gasteiger partial charge < -0.3 is 14.2 Å². The van der Waals surface area contributed by atoms with E-state index in [0.29, 0.717) is 28.7 Å². The lowest BCUT2D eigenvalue weighted by Crippen LogP contribution is -1.99. The van der Waals surface area contributed by atoms with Crippen LogP contribution in [0, 0.1) is 0 Å². The summed E-state index contributed by atoms with van der Waals surface area (Å²) in [7, 11) is 2.85. The molecule has 2 rings (SSSR count). The fraction of sp³-hybridized carbons (Fsp3) is 0.167. The van der Waals surface area contributed by atoms with Crippen LogP contribution in [0.2, 0.25) is 5.02 Å². The predicted octanol–water partition coefficient (Wildman–Crippen LogP) is 4.88. The van der Waals surface area contributed by atoms with Crippen molar-refractivity contribution in [3.05, 3.63) is 63.1 Å². The van der Waals surface area contributed by atoms with Crippen molar-refractivity contribution < 1.29 is 19.0 Å². The normalized spacial score (nSPS) is 10.7. The Morgan fingerprint density at radius 3 is 2.54 bits per heavy atom. The lowest BCUT2D eigenvalue weighted by atomic mass is 10.2. The van der Waals surface area contributed by atoms with Gasteiger partial charge in [-0.15, -0.1) is 0 Å². The molecule has 0 fully saturated rings. The van der Waals surface area contributed by atoms with E-state index in [0.717, 1.165) is 10.0 Å². The van der Waals surface area contributed by atoms with Crippen molar-refractivity contribution in [1.82, 2.24) is 0 Å². The number of esters is 1. The van der Waals surface area contributed by atoms with E-state index in [1.807, 2.05) is 24.3 Å². The van der Waals surface area contributed by atoms with E-state index in [9.17, 15) is 4.79 Å². The summed E-state index contributed by atoms with van der Waals surface area (Å²) in [4.78, 5) is 11.2. The topological polar surface area (TPSA) is 44.8 Å². The molecule has 0 bridgehead atoms. The average Bonchev–Trinajstić information content (AvgIpc) is 2.59. The zero-order chi connectivity index (χ0) is 17.5. The van der Waals surface area contributed by atoms with Gasteiger partial charge in [0.05, 0.1) is 19.2 Å². The van der Waals surface area contributed by atoms with Gasteiger partial charge in [0, 0.05) is 10.5 Å². The van der Waals surface area contributed by atoms with Gasteiger partial charge in [0.2, 0.25) is 0 Å². The molecule has 0 unspecified atom stereocenters. The molecule has 24 heavy (non-hydrogen) atoms. The molecule has 0 aliphatic heterocycles. The van der Waals surface area contributed by atoms with Crippen LogP contribution in [0.1, 0.15) is 11.1 Å². The summed E-state index contributed by atoms with van der Waals surface area (Å²) in [5.74, 6) is 0.502. The highest BCUT2D eigenvalue weighted by molar-refractivity contribution is 9.10. The zero-order valence-electron chi connectivity index (χ0n) is 13.2. The Bertz CT molecular complexity index is 741. The van der Waals surface area contributed by atoms with E-state index < -0.39 is 5.97 Å². The van der Waals surface area contributed by atoms with Crippen LogP contribution in [0.4, 0.5) is 0 Å². The fourth-order valence-electron chi connectivity index (χ4n) is 1.94. The Hall–Kier alpha value is -1.98. The molecular formula is C18H16BrClO4. The maximum atomic E-state index is 11.2. The molecule has 0 atom stereocenters. The number of methoxy groups -OCH3 is 2. The summed E-state index contributed by atoms with van der Waals surface area (Å²) < 4.78 is 16.7. The molecule has 2 aromatic rings. The number of ether oxygens (including phenoxy) is 3. The van der Waals surface area contributed by atoms with Crippen molar-refractivity contribution in [3.8, 4) is 11.5 Å².